The smallest absolute Gasteiger partial charge is 0.317 e. The molecule has 114 valence electrons. The van der Waals surface area contributed by atoms with Crippen molar-refractivity contribution >= 4 is 34.7 Å². The molecule has 1 aromatic carbocycles. The van der Waals surface area contributed by atoms with Gasteiger partial charge in [-0.25, -0.2) is 5.01 Å². The summed E-state index contributed by atoms with van der Waals surface area (Å²) in [5.74, 6) is 0.900. The first kappa shape index (κ1) is 14.0. The second-order valence-electron chi connectivity index (χ2n) is 5.17. The van der Waals surface area contributed by atoms with E-state index in [0.29, 0.717) is 12.5 Å². The topological polar surface area (TPSA) is 59.4 Å². The van der Waals surface area contributed by atoms with Crippen LogP contribution in [0.2, 0.25) is 0 Å². The third kappa shape index (κ3) is 2.37. The van der Waals surface area contributed by atoms with Crippen molar-refractivity contribution in [1.29, 1.82) is 0 Å². The van der Waals surface area contributed by atoms with Crippen molar-refractivity contribution in [3.05, 3.63) is 47.1 Å². The van der Waals surface area contributed by atoms with Crippen molar-refractivity contribution in [3.8, 4) is 0 Å². The molecule has 1 atom stereocenters. The normalized spacial score (nSPS) is 23.9. The van der Waals surface area contributed by atoms with Crippen molar-refractivity contribution in [2.75, 3.05) is 19.1 Å². The molecule has 3 aliphatic rings. The lowest BCUT2D eigenvalue weighted by molar-refractivity contribution is -0.138. The Hall–Kier alpha value is -1.64. The Morgan fingerprint density at radius 3 is 2.95 bits per heavy atom. The average Bonchev–Trinajstić information content (AvgIpc) is 3.06. The van der Waals surface area contributed by atoms with E-state index in [0.717, 1.165) is 11.0 Å². The van der Waals surface area contributed by atoms with Crippen LogP contribution in [0.25, 0.3) is 0 Å². The highest BCUT2D eigenvalue weighted by atomic mass is 32.2. The number of amidine groups is 1. The fraction of sp³-hybridized carbons (Fsp3) is 0.286. The zero-order chi connectivity index (χ0) is 15.1. The van der Waals surface area contributed by atoms with E-state index in [1.54, 1.807) is 23.5 Å². The lowest BCUT2D eigenvalue weighted by Gasteiger charge is -2.33. The highest BCUT2D eigenvalue weighted by Gasteiger charge is 2.41. The van der Waals surface area contributed by atoms with Crippen molar-refractivity contribution < 1.29 is 9.90 Å². The molecule has 0 radical (unpaired) electrons. The lowest BCUT2D eigenvalue weighted by atomic mass is 10.2. The van der Waals surface area contributed by atoms with Crippen LogP contribution in [0.5, 0.6) is 0 Å². The fourth-order valence-corrected chi connectivity index (χ4v) is 4.64. The molecule has 3 aliphatic heterocycles. The molecular weight excluding hydrogens is 320 g/mol. The number of hydrogen-bond acceptors (Lipinski definition) is 7. The minimum atomic E-state index is -0.797. The number of thioether (sulfide) groups is 2. The van der Waals surface area contributed by atoms with Gasteiger partial charge in [0.25, 0.3) is 0 Å². The highest BCUT2D eigenvalue weighted by molar-refractivity contribution is 8.13. The highest BCUT2D eigenvalue weighted by Crippen LogP contribution is 2.47. The molecule has 4 rings (SSSR count). The van der Waals surface area contributed by atoms with Crippen LogP contribution in [-0.2, 0) is 4.79 Å². The largest absolute Gasteiger partial charge is 0.480 e. The second kappa shape index (κ2) is 5.53. The maximum Gasteiger partial charge on any atom is 0.317 e. The molecule has 1 fully saturated rings. The van der Waals surface area contributed by atoms with Gasteiger partial charge in [-0.05, 0) is 5.56 Å². The Morgan fingerprint density at radius 1 is 1.36 bits per heavy atom. The van der Waals surface area contributed by atoms with E-state index in [9.17, 15) is 4.79 Å². The first-order valence-corrected chi connectivity index (χ1v) is 8.78. The predicted octanol–water partition coefficient (Wildman–Crippen LogP) is 2.17. The van der Waals surface area contributed by atoms with Crippen molar-refractivity contribution in [1.82, 2.24) is 14.8 Å². The van der Waals surface area contributed by atoms with Crippen molar-refractivity contribution in [3.63, 3.8) is 0 Å². The second-order valence-corrected chi connectivity index (χ2v) is 7.03. The molecule has 0 aliphatic carbocycles. The molecule has 0 bridgehead atoms. The molecule has 8 heteroatoms. The van der Waals surface area contributed by atoms with Crippen LogP contribution < -0.4 is 0 Å². The zero-order valence-corrected chi connectivity index (χ0v) is 13.3. The van der Waals surface area contributed by atoms with Gasteiger partial charge < -0.3 is 5.11 Å². The van der Waals surface area contributed by atoms with Crippen molar-refractivity contribution in [2.24, 2.45) is 5.10 Å². The number of fused-ring (bicyclic) bond motifs is 3. The molecule has 0 amide bonds. The summed E-state index contributed by atoms with van der Waals surface area (Å²) in [5, 5.41) is 18.9. The van der Waals surface area contributed by atoms with E-state index in [4.69, 9.17) is 10.2 Å². The first-order chi connectivity index (χ1) is 10.7. The fourth-order valence-electron chi connectivity index (χ4n) is 2.65. The van der Waals surface area contributed by atoms with Crippen LogP contribution in [0.1, 0.15) is 10.9 Å². The van der Waals surface area contributed by atoms with E-state index in [1.165, 1.54) is 5.56 Å². The Bertz CT molecular complexity index is 664. The summed E-state index contributed by atoms with van der Waals surface area (Å²) < 4.78 is 0. The van der Waals surface area contributed by atoms with Gasteiger partial charge in [-0.2, -0.15) is 0 Å². The van der Waals surface area contributed by atoms with Gasteiger partial charge in [-0.3, -0.25) is 14.6 Å². The molecule has 0 saturated carbocycles. The first-order valence-electron chi connectivity index (χ1n) is 6.85. The summed E-state index contributed by atoms with van der Waals surface area (Å²) in [6, 6.07) is 10.3. The van der Waals surface area contributed by atoms with E-state index in [-0.39, 0.29) is 11.9 Å². The number of carboxylic acids is 1. The molecule has 6 nitrogen and oxygen atoms in total. The maximum atomic E-state index is 10.9. The number of hydrazone groups is 1. The van der Waals surface area contributed by atoms with E-state index >= 15 is 0 Å². The summed E-state index contributed by atoms with van der Waals surface area (Å²) in [5.41, 5.74) is 1.22. The van der Waals surface area contributed by atoms with Gasteiger partial charge in [-0.1, -0.05) is 53.9 Å². The van der Waals surface area contributed by atoms with Crippen LogP contribution >= 0.6 is 23.5 Å². The predicted molar refractivity (Wildman–Crippen MR) is 87.6 cm³/mol. The van der Waals surface area contributed by atoms with E-state index < -0.39 is 5.97 Å². The molecule has 1 unspecified atom stereocenters. The maximum absolute atomic E-state index is 10.9. The van der Waals surface area contributed by atoms with Crippen LogP contribution in [0, 0.1) is 0 Å². The molecular formula is C14H14N4O2S2. The van der Waals surface area contributed by atoms with Crippen LogP contribution in [0.4, 0.5) is 0 Å². The summed E-state index contributed by atoms with van der Waals surface area (Å²) in [4.78, 5) is 14.9. The van der Waals surface area contributed by atoms with Crippen LogP contribution in [0.15, 0.2) is 46.7 Å². The Kier molecular flexibility index (Phi) is 3.51. The summed E-state index contributed by atoms with van der Waals surface area (Å²) in [6.45, 7) is 0.627. The Labute approximate surface area is 136 Å². The standard InChI is InChI=1S/C14H14N4O2S2/c19-12(20)6-16-8-17-11-7-21-13(10-4-2-1-3-5-10)18(11)15-14(17)22-9-16/h1-5,7,13H,6,8-9H2,(H,19,20). The average molecular weight is 334 g/mol. The number of aliphatic carboxylic acids is 1. The van der Waals surface area contributed by atoms with E-state index in [1.807, 2.05) is 28.1 Å². The Balaban J connectivity index is 1.54. The number of hydrogen-bond donors (Lipinski definition) is 1. The minimum absolute atomic E-state index is 0.0549. The van der Waals surface area contributed by atoms with Gasteiger partial charge in [0.05, 0.1) is 19.1 Å². The quantitative estimate of drug-likeness (QED) is 0.909. The lowest BCUT2D eigenvalue weighted by Crippen LogP contribution is -2.45. The van der Waals surface area contributed by atoms with Crippen LogP contribution in [0.3, 0.4) is 0 Å². The molecule has 0 spiro atoms. The van der Waals surface area contributed by atoms with Gasteiger partial charge in [-0.15, -0.1) is 5.10 Å². The third-order valence-corrected chi connectivity index (χ3v) is 5.75. The van der Waals surface area contributed by atoms with Gasteiger partial charge >= 0.3 is 5.97 Å². The SMILES string of the molecule is O=C(O)CN1CSC2=NN3C(=CSC3c3ccccc3)N2C1. The monoisotopic (exact) mass is 334 g/mol. The molecule has 22 heavy (non-hydrogen) atoms. The number of carbonyl (C=O) groups is 1. The van der Waals surface area contributed by atoms with Crippen LogP contribution in [-0.4, -0.2) is 50.1 Å². The summed E-state index contributed by atoms with van der Waals surface area (Å²) in [6.07, 6.45) is 0. The number of benzene rings is 1. The molecule has 1 N–H and O–H groups in total. The third-order valence-electron chi connectivity index (χ3n) is 3.62. The minimum Gasteiger partial charge on any atom is -0.480 e. The van der Waals surface area contributed by atoms with Gasteiger partial charge in [0.1, 0.15) is 11.2 Å². The summed E-state index contributed by atoms with van der Waals surface area (Å²) >= 11 is 3.31. The van der Waals surface area contributed by atoms with E-state index in [2.05, 4.69) is 22.4 Å². The molecule has 1 aromatic rings. The molecule has 0 aromatic heterocycles. The molecule has 3 heterocycles. The number of nitrogens with zero attached hydrogens (tertiary/aromatic N) is 4. The summed E-state index contributed by atoms with van der Waals surface area (Å²) in [7, 11) is 0. The number of carboxylic acid groups (broad SMARTS) is 1. The number of rotatable bonds is 3. The van der Waals surface area contributed by atoms with Gasteiger partial charge in [0.15, 0.2) is 5.17 Å². The van der Waals surface area contributed by atoms with Crippen molar-refractivity contribution in [2.45, 2.75) is 5.37 Å². The van der Waals surface area contributed by atoms with Gasteiger partial charge in [0, 0.05) is 5.41 Å². The van der Waals surface area contributed by atoms with Gasteiger partial charge in [0.2, 0.25) is 0 Å². The zero-order valence-electron chi connectivity index (χ0n) is 11.6. The Morgan fingerprint density at radius 2 is 2.18 bits per heavy atom. The molecule has 1 saturated heterocycles.